The summed E-state index contributed by atoms with van der Waals surface area (Å²) in [6.07, 6.45) is 6.67. The van der Waals surface area contributed by atoms with Gasteiger partial charge in [0.2, 0.25) is 5.91 Å². The van der Waals surface area contributed by atoms with Gasteiger partial charge in [-0.15, -0.1) is 5.10 Å². The predicted octanol–water partition coefficient (Wildman–Crippen LogP) is 5.86. The lowest BCUT2D eigenvalue weighted by atomic mass is 9.82. The maximum Gasteiger partial charge on any atom is 0.269 e. The fraction of sp³-hybridized carbons (Fsp3) is 0.244. The van der Waals surface area contributed by atoms with Crippen molar-refractivity contribution in [2.75, 3.05) is 16.5 Å². The Labute approximate surface area is 311 Å². The zero-order chi connectivity index (χ0) is 37.8. The number of rotatable bonds is 13. The quantitative estimate of drug-likeness (QED) is 0.0865. The number of aromatic nitrogens is 3. The van der Waals surface area contributed by atoms with E-state index in [9.17, 15) is 29.9 Å². The maximum absolute atomic E-state index is 14.3. The lowest BCUT2D eigenvalue weighted by molar-refractivity contribution is -0.385. The van der Waals surface area contributed by atoms with Crippen molar-refractivity contribution in [2.45, 2.75) is 50.8 Å². The molecule has 4 aromatic carbocycles. The van der Waals surface area contributed by atoms with Gasteiger partial charge in [-0.1, -0.05) is 97.1 Å². The van der Waals surface area contributed by atoms with E-state index in [1.807, 2.05) is 72.8 Å². The summed E-state index contributed by atoms with van der Waals surface area (Å²) in [7, 11) is 0. The molecule has 13 heteroatoms. The number of anilines is 2. The molecule has 3 atom stereocenters. The van der Waals surface area contributed by atoms with Crippen LogP contribution in [0, 0.1) is 16.0 Å². The van der Waals surface area contributed by atoms with Crippen molar-refractivity contribution in [1.82, 2.24) is 15.0 Å². The summed E-state index contributed by atoms with van der Waals surface area (Å²) in [6, 6.07) is 30.5. The number of aryl methyl sites for hydroxylation is 1. The van der Waals surface area contributed by atoms with Crippen LogP contribution in [0.25, 0.3) is 0 Å². The van der Waals surface area contributed by atoms with Crippen molar-refractivity contribution >= 4 is 34.6 Å². The molecule has 13 nitrogen and oxygen atoms in total. The molecule has 1 aromatic heterocycles. The van der Waals surface area contributed by atoms with Crippen LogP contribution in [0.3, 0.4) is 0 Å². The van der Waals surface area contributed by atoms with Gasteiger partial charge >= 0.3 is 0 Å². The van der Waals surface area contributed by atoms with Crippen molar-refractivity contribution in [3.63, 3.8) is 0 Å². The van der Waals surface area contributed by atoms with Crippen LogP contribution in [-0.2, 0) is 28.3 Å². The summed E-state index contributed by atoms with van der Waals surface area (Å²) in [6.45, 7) is 2.08. The Balaban J connectivity index is 1.09. The highest BCUT2D eigenvalue weighted by Crippen LogP contribution is 2.47. The lowest BCUT2D eigenvalue weighted by Gasteiger charge is -2.28. The number of nitro groups is 1. The van der Waals surface area contributed by atoms with Gasteiger partial charge in [-0.3, -0.25) is 24.4 Å². The molecule has 2 aliphatic rings. The highest BCUT2D eigenvalue weighted by Gasteiger charge is 2.53. The number of hydrazone groups is 1. The van der Waals surface area contributed by atoms with E-state index < -0.39 is 22.3 Å². The molecule has 0 bridgehead atoms. The monoisotopic (exact) mass is 725 g/mol. The SMILES string of the molecule is C[C@H](/C=C/CCn1cc(C(CO)c2ccccc2)nn1)[C@@]1(O)C(=O)N(Cc2cccc(N3N=C(c4ccccc4)CCC3=O)c2)c2ccc([N+](=O)[O-])cc21. The van der Waals surface area contributed by atoms with Crippen LogP contribution in [0.5, 0.6) is 0 Å². The third-order valence-corrected chi connectivity index (χ3v) is 10.0. The Bertz CT molecular complexity index is 2240. The van der Waals surface area contributed by atoms with Gasteiger partial charge in [0.25, 0.3) is 11.6 Å². The van der Waals surface area contributed by atoms with Crippen molar-refractivity contribution in [3.8, 4) is 0 Å². The summed E-state index contributed by atoms with van der Waals surface area (Å²) in [5, 5.41) is 48.5. The fourth-order valence-corrected chi connectivity index (χ4v) is 7.05. The van der Waals surface area contributed by atoms with Crippen LogP contribution in [0.2, 0.25) is 0 Å². The number of benzene rings is 4. The van der Waals surface area contributed by atoms with E-state index in [2.05, 4.69) is 15.4 Å². The minimum absolute atomic E-state index is 0.0416. The number of nitrogens with zero attached hydrogens (tertiary/aromatic N) is 7. The average molecular weight is 726 g/mol. The topological polar surface area (TPSA) is 167 Å². The zero-order valence-corrected chi connectivity index (χ0v) is 29.6. The Morgan fingerprint density at radius 3 is 2.46 bits per heavy atom. The first-order valence-electron chi connectivity index (χ1n) is 17.8. The van der Waals surface area contributed by atoms with Crippen LogP contribution in [0.1, 0.15) is 60.1 Å². The van der Waals surface area contributed by atoms with Crippen LogP contribution >= 0.6 is 0 Å². The third-order valence-electron chi connectivity index (χ3n) is 10.0. The Hall–Kier alpha value is -6.31. The minimum atomic E-state index is -2.09. The Morgan fingerprint density at radius 1 is 0.963 bits per heavy atom. The van der Waals surface area contributed by atoms with E-state index in [1.54, 1.807) is 42.1 Å². The number of aliphatic hydroxyl groups is 2. The summed E-state index contributed by atoms with van der Waals surface area (Å²) >= 11 is 0. The van der Waals surface area contributed by atoms with Gasteiger partial charge in [-0.2, -0.15) is 5.10 Å². The average Bonchev–Trinajstić information content (AvgIpc) is 3.75. The molecule has 54 heavy (non-hydrogen) atoms. The molecule has 2 aliphatic heterocycles. The minimum Gasteiger partial charge on any atom is -0.395 e. The Kier molecular flexibility index (Phi) is 10.3. The van der Waals surface area contributed by atoms with Gasteiger partial charge < -0.3 is 15.1 Å². The number of carbonyl (C=O) groups excluding carboxylic acids is 2. The van der Waals surface area contributed by atoms with Crippen molar-refractivity contribution in [2.24, 2.45) is 11.0 Å². The number of carbonyl (C=O) groups is 2. The van der Waals surface area contributed by atoms with Crippen LogP contribution in [0.4, 0.5) is 17.1 Å². The third kappa shape index (κ3) is 7.06. The first kappa shape index (κ1) is 36.1. The molecule has 0 radical (unpaired) electrons. The molecule has 7 rings (SSSR count). The van der Waals surface area contributed by atoms with Crippen molar-refractivity contribution in [1.29, 1.82) is 0 Å². The number of allylic oxidation sites excluding steroid dienone is 1. The van der Waals surface area contributed by atoms with E-state index in [-0.39, 0.29) is 36.2 Å². The number of fused-ring (bicyclic) bond motifs is 1. The van der Waals surface area contributed by atoms with Crippen molar-refractivity contribution in [3.05, 3.63) is 160 Å². The molecule has 274 valence electrons. The molecule has 0 spiro atoms. The summed E-state index contributed by atoms with van der Waals surface area (Å²) in [4.78, 5) is 39.9. The number of hydrogen-bond acceptors (Lipinski definition) is 9. The largest absolute Gasteiger partial charge is 0.395 e. The van der Waals surface area contributed by atoms with Crippen molar-refractivity contribution < 1.29 is 24.7 Å². The first-order chi connectivity index (χ1) is 26.2. The van der Waals surface area contributed by atoms with Gasteiger partial charge in [0.05, 0.1) is 46.8 Å². The van der Waals surface area contributed by atoms with Gasteiger partial charge in [-0.25, -0.2) is 5.01 Å². The fourth-order valence-electron chi connectivity index (χ4n) is 7.05. The summed E-state index contributed by atoms with van der Waals surface area (Å²) in [5.74, 6) is -1.83. The molecule has 0 saturated heterocycles. The van der Waals surface area contributed by atoms with E-state index in [0.29, 0.717) is 48.4 Å². The number of non-ortho nitro benzene ring substituents is 1. The first-order valence-corrected chi connectivity index (χ1v) is 17.8. The molecule has 2 amide bonds. The molecule has 3 heterocycles. The van der Waals surface area contributed by atoms with Crippen LogP contribution < -0.4 is 9.91 Å². The second-order valence-corrected chi connectivity index (χ2v) is 13.5. The second-order valence-electron chi connectivity index (χ2n) is 13.5. The predicted molar refractivity (Wildman–Crippen MR) is 203 cm³/mol. The second kappa shape index (κ2) is 15.3. The standard InChI is InChI=1S/C41H39N7O6/c1-28(11-8-9-22-45-26-37(42-44-45)34(27-49)30-13-4-2-5-14-30)41(52)35-24-33(48(53)54)18-20-38(35)46(40(41)51)25-29-12-10-17-32(23-29)47-39(50)21-19-36(43-47)31-15-6-3-7-16-31/h2-8,10-18,20,23-24,26,28,34,49,52H,9,19,21-22,25,27H2,1H3/b11-8+/t28-,34?,41+/m1/s1. The molecule has 0 saturated carbocycles. The number of nitro benzene ring substituents is 1. The maximum atomic E-state index is 14.3. The van der Waals surface area contributed by atoms with E-state index in [4.69, 9.17) is 0 Å². The molecule has 1 unspecified atom stereocenters. The number of amides is 2. The molecule has 2 N–H and O–H groups in total. The van der Waals surface area contributed by atoms with Gasteiger partial charge in [0.1, 0.15) is 0 Å². The van der Waals surface area contributed by atoms with Gasteiger partial charge in [-0.05, 0) is 41.3 Å². The van der Waals surface area contributed by atoms with Crippen LogP contribution in [-0.4, -0.2) is 54.3 Å². The molecule has 0 fully saturated rings. The van der Waals surface area contributed by atoms with E-state index in [0.717, 1.165) is 16.8 Å². The Morgan fingerprint density at radius 2 is 1.72 bits per heavy atom. The van der Waals surface area contributed by atoms with Gasteiger partial charge in [0.15, 0.2) is 5.60 Å². The summed E-state index contributed by atoms with van der Waals surface area (Å²) in [5.41, 5.74) is 2.71. The van der Waals surface area contributed by atoms with E-state index in [1.165, 1.54) is 28.1 Å². The smallest absolute Gasteiger partial charge is 0.269 e. The molecule has 5 aromatic rings. The van der Waals surface area contributed by atoms with Crippen LogP contribution in [0.15, 0.2) is 127 Å². The zero-order valence-electron chi connectivity index (χ0n) is 29.6. The molecular weight excluding hydrogens is 686 g/mol. The molecular formula is C41H39N7O6. The highest BCUT2D eigenvalue weighted by atomic mass is 16.6. The highest BCUT2D eigenvalue weighted by molar-refractivity contribution is 6.09. The van der Waals surface area contributed by atoms with Gasteiger partial charge in [0, 0.05) is 49.2 Å². The van der Waals surface area contributed by atoms with E-state index >= 15 is 0 Å². The normalized spacial score (nSPS) is 18.2. The lowest BCUT2D eigenvalue weighted by Crippen LogP contribution is -2.44. The number of hydrogen-bond donors (Lipinski definition) is 2. The summed E-state index contributed by atoms with van der Waals surface area (Å²) < 4.78 is 1.67. The number of aliphatic hydroxyl groups excluding tert-OH is 1. The molecule has 0 aliphatic carbocycles.